The van der Waals surface area contributed by atoms with Gasteiger partial charge in [0.15, 0.2) is 0 Å². The molecule has 3 nitrogen and oxygen atoms in total. The van der Waals surface area contributed by atoms with E-state index in [4.69, 9.17) is 0 Å². The van der Waals surface area contributed by atoms with Crippen LogP contribution in [-0.4, -0.2) is 23.4 Å². The van der Waals surface area contributed by atoms with Gasteiger partial charge in [-0.25, -0.2) is 0 Å². The summed E-state index contributed by atoms with van der Waals surface area (Å²) in [6.07, 6.45) is 5.23. The molecule has 1 unspecified atom stereocenters. The Hall–Kier alpha value is -2.55. The van der Waals surface area contributed by atoms with Crippen LogP contribution in [0.5, 0.6) is 0 Å². The van der Waals surface area contributed by atoms with Crippen LogP contribution in [0.15, 0.2) is 72.4 Å². The standard InChI is InChI=1S/C22H26N2O/c1-2-24(22(25)19-12-7-4-8-13-19)21-15-9-14-20(16-21)23-17-18-10-5-3-6-11-18/h3-8,10-14,21,23H,2,9,15-17H2,1H3. The van der Waals surface area contributed by atoms with Gasteiger partial charge in [0.05, 0.1) is 0 Å². The molecule has 3 heteroatoms. The molecule has 130 valence electrons. The Labute approximate surface area is 150 Å². The van der Waals surface area contributed by atoms with Crippen molar-refractivity contribution in [3.8, 4) is 0 Å². The highest BCUT2D eigenvalue weighted by molar-refractivity contribution is 5.94. The average Bonchev–Trinajstić information content (AvgIpc) is 2.69. The molecule has 0 spiro atoms. The van der Waals surface area contributed by atoms with Crippen molar-refractivity contribution in [3.05, 3.63) is 83.6 Å². The van der Waals surface area contributed by atoms with E-state index in [0.717, 1.165) is 37.9 Å². The van der Waals surface area contributed by atoms with Crippen LogP contribution in [0.1, 0.15) is 42.1 Å². The predicted octanol–water partition coefficient (Wildman–Crippen LogP) is 4.37. The molecule has 0 saturated heterocycles. The summed E-state index contributed by atoms with van der Waals surface area (Å²) in [6, 6.07) is 20.3. The third kappa shape index (κ3) is 4.50. The van der Waals surface area contributed by atoms with Gasteiger partial charge in [0.25, 0.3) is 5.91 Å². The van der Waals surface area contributed by atoms with Crippen LogP contribution >= 0.6 is 0 Å². The number of allylic oxidation sites excluding steroid dienone is 1. The molecule has 1 atom stereocenters. The molecule has 0 radical (unpaired) electrons. The van der Waals surface area contributed by atoms with Crippen molar-refractivity contribution in [2.45, 2.75) is 38.8 Å². The first-order chi connectivity index (χ1) is 12.3. The first kappa shape index (κ1) is 17.3. The zero-order valence-electron chi connectivity index (χ0n) is 14.8. The number of hydrogen-bond acceptors (Lipinski definition) is 2. The Kier molecular flexibility index (Phi) is 5.89. The lowest BCUT2D eigenvalue weighted by molar-refractivity contribution is 0.0674. The molecule has 1 amide bonds. The number of nitrogens with zero attached hydrogens (tertiary/aromatic N) is 1. The second kappa shape index (κ2) is 8.52. The second-order valence-electron chi connectivity index (χ2n) is 6.46. The summed E-state index contributed by atoms with van der Waals surface area (Å²) in [7, 11) is 0. The molecule has 0 aliphatic heterocycles. The molecular weight excluding hydrogens is 308 g/mol. The summed E-state index contributed by atoms with van der Waals surface area (Å²) in [6.45, 7) is 3.64. The van der Waals surface area contributed by atoms with Gasteiger partial charge >= 0.3 is 0 Å². The van der Waals surface area contributed by atoms with Crippen LogP contribution in [0.3, 0.4) is 0 Å². The number of amides is 1. The highest BCUT2D eigenvalue weighted by atomic mass is 16.2. The van der Waals surface area contributed by atoms with Gasteiger partial charge < -0.3 is 10.2 Å². The van der Waals surface area contributed by atoms with E-state index in [0.29, 0.717) is 0 Å². The summed E-state index contributed by atoms with van der Waals surface area (Å²) < 4.78 is 0. The SMILES string of the molecule is CCN(C(=O)c1ccccc1)C1CCC=C(NCc2ccccc2)C1. The van der Waals surface area contributed by atoms with E-state index in [1.807, 2.05) is 41.3 Å². The number of carbonyl (C=O) groups is 1. The monoisotopic (exact) mass is 334 g/mol. The number of carbonyl (C=O) groups excluding carboxylic acids is 1. The Balaban J connectivity index is 1.62. The van der Waals surface area contributed by atoms with Gasteiger partial charge in [0, 0.05) is 36.8 Å². The van der Waals surface area contributed by atoms with Crippen LogP contribution < -0.4 is 5.32 Å². The fraction of sp³-hybridized carbons (Fsp3) is 0.318. The average molecular weight is 334 g/mol. The van der Waals surface area contributed by atoms with E-state index in [1.165, 1.54) is 11.3 Å². The molecule has 2 aromatic carbocycles. The first-order valence-corrected chi connectivity index (χ1v) is 9.10. The second-order valence-corrected chi connectivity index (χ2v) is 6.46. The van der Waals surface area contributed by atoms with Crippen molar-refractivity contribution in [2.75, 3.05) is 6.54 Å². The lowest BCUT2D eigenvalue weighted by Crippen LogP contribution is -2.42. The maximum atomic E-state index is 12.8. The number of benzene rings is 2. The minimum atomic E-state index is 0.136. The van der Waals surface area contributed by atoms with Crippen molar-refractivity contribution in [2.24, 2.45) is 0 Å². The van der Waals surface area contributed by atoms with Gasteiger partial charge in [-0.1, -0.05) is 54.6 Å². The zero-order chi connectivity index (χ0) is 17.5. The maximum absolute atomic E-state index is 12.8. The molecular formula is C22H26N2O. The third-order valence-corrected chi connectivity index (χ3v) is 4.77. The van der Waals surface area contributed by atoms with Crippen molar-refractivity contribution in [1.29, 1.82) is 0 Å². The van der Waals surface area contributed by atoms with Crippen LogP contribution in [-0.2, 0) is 6.54 Å². The summed E-state index contributed by atoms with van der Waals surface area (Å²) in [5.74, 6) is 0.136. The fourth-order valence-electron chi connectivity index (χ4n) is 3.43. The smallest absolute Gasteiger partial charge is 0.254 e. The molecule has 25 heavy (non-hydrogen) atoms. The highest BCUT2D eigenvalue weighted by Crippen LogP contribution is 2.23. The molecule has 1 aliphatic rings. The van der Waals surface area contributed by atoms with Gasteiger partial charge in [-0.3, -0.25) is 4.79 Å². The predicted molar refractivity (Wildman–Crippen MR) is 102 cm³/mol. The molecule has 0 aromatic heterocycles. The van der Waals surface area contributed by atoms with Gasteiger partial charge in [0.2, 0.25) is 0 Å². The number of nitrogens with one attached hydrogen (secondary N) is 1. The largest absolute Gasteiger partial charge is 0.384 e. The zero-order valence-corrected chi connectivity index (χ0v) is 14.8. The lowest BCUT2D eigenvalue weighted by Gasteiger charge is -2.34. The van der Waals surface area contributed by atoms with E-state index >= 15 is 0 Å². The van der Waals surface area contributed by atoms with Gasteiger partial charge in [-0.15, -0.1) is 0 Å². The minimum Gasteiger partial charge on any atom is -0.384 e. The Bertz CT molecular complexity index is 709. The normalized spacial score (nSPS) is 16.8. The first-order valence-electron chi connectivity index (χ1n) is 9.10. The highest BCUT2D eigenvalue weighted by Gasteiger charge is 2.25. The summed E-state index contributed by atoms with van der Waals surface area (Å²) >= 11 is 0. The summed E-state index contributed by atoms with van der Waals surface area (Å²) in [5.41, 5.74) is 3.30. The van der Waals surface area contributed by atoms with Crippen LogP contribution in [0.25, 0.3) is 0 Å². The van der Waals surface area contributed by atoms with E-state index in [9.17, 15) is 4.79 Å². The molecule has 0 saturated carbocycles. The summed E-state index contributed by atoms with van der Waals surface area (Å²) in [4.78, 5) is 14.9. The fourth-order valence-corrected chi connectivity index (χ4v) is 3.43. The Morgan fingerprint density at radius 2 is 1.76 bits per heavy atom. The van der Waals surface area contributed by atoms with Crippen molar-refractivity contribution >= 4 is 5.91 Å². The topological polar surface area (TPSA) is 32.3 Å². The van der Waals surface area contributed by atoms with Gasteiger partial charge in [-0.2, -0.15) is 0 Å². The van der Waals surface area contributed by atoms with Crippen LogP contribution in [0.4, 0.5) is 0 Å². The number of rotatable bonds is 6. The van der Waals surface area contributed by atoms with Crippen molar-refractivity contribution < 1.29 is 4.79 Å². The molecule has 0 bridgehead atoms. The van der Waals surface area contributed by atoms with Gasteiger partial charge in [-0.05, 0) is 37.5 Å². The van der Waals surface area contributed by atoms with Crippen molar-refractivity contribution in [1.82, 2.24) is 10.2 Å². The molecule has 1 aliphatic carbocycles. The molecule has 1 N–H and O–H groups in total. The maximum Gasteiger partial charge on any atom is 0.254 e. The Morgan fingerprint density at radius 3 is 2.44 bits per heavy atom. The van der Waals surface area contributed by atoms with Gasteiger partial charge in [0.1, 0.15) is 0 Å². The minimum absolute atomic E-state index is 0.136. The Morgan fingerprint density at radius 1 is 1.08 bits per heavy atom. The molecule has 3 rings (SSSR count). The molecule has 0 heterocycles. The van der Waals surface area contributed by atoms with Crippen LogP contribution in [0.2, 0.25) is 0 Å². The van der Waals surface area contributed by atoms with Crippen molar-refractivity contribution in [3.63, 3.8) is 0 Å². The quantitative estimate of drug-likeness (QED) is 0.850. The third-order valence-electron chi connectivity index (χ3n) is 4.77. The lowest BCUT2D eigenvalue weighted by atomic mass is 9.96. The molecule has 2 aromatic rings. The summed E-state index contributed by atoms with van der Waals surface area (Å²) in [5, 5.41) is 3.55. The molecule has 0 fully saturated rings. The van der Waals surface area contributed by atoms with Crippen LogP contribution in [0, 0.1) is 0 Å². The van der Waals surface area contributed by atoms with E-state index < -0.39 is 0 Å². The van der Waals surface area contributed by atoms with E-state index in [2.05, 4.69) is 42.6 Å². The van der Waals surface area contributed by atoms with E-state index in [1.54, 1.807) is 0 Å². The van der Waals surface area contributed by atoms with E-state index in [-0.39, 0.29) is 11.9 Å². The number of hydrogen-bond donors (Lipinski definition) is 1.